The topological polar surface area (TPSA) is 37.8 Å². The maximum absolute atomic E-state index is 5.82. The molecule has 1 aromatic heterocycles. The van der Waals surface area contributed by atoms with Crippen molar-refractivity contribution in [3.05, 3.63) is 41.6 Å². The van der Waals surface area contributed by atoms with Crippen LogP contribution in [0.3, 0.4) is 0 Å². The third-order valence-electron chi connectivity index (χ3n) is 1.89. The molecule has 2 aromatic rings. The van der Waals surface area contributed by atoms with Crippen LogP contribution >= 0.6 is 23.4 Å². The minimum Gasteiger partial charge on any atom is -0.357 e. The molecule has 0 aliphatic rings. The number of rotatable bonds is 3. The first kappa shape index (κ1) is 11.2. The molecular formula is C11H10ClN3S. The highest BCUT2D eigenvalue weighted by Gasteiger charge is 2.00. The van der Waals surface area contributed by atoms with Gasteiger partial charge in [0.1, 0.15) is 5.03 Å². The summed E-state index contributed by atoms with van der Waals surface area (Å²) < 4.78 is 0. The number of aromatic nitrogens is 2. The van der Waals surface area contributed by atoms with Gasteiger partial charge in [-0.05, 0) is 30.3 Å². The van der Waals surface area contributed by atoms with E-state index in [4.69, 9.17) is 11.6 Å². The summed E-state index contributed by atoms with van der Waals surface area (Å²) in [7, 11) is 1.80. The number of nitrogens with one attached hydrogen (secondary N) is 1. The van der Waals surface area contributed by atoms with Gasteiger partial charge < -0.3 is 5.32 Å². The molecule has 16 heavy (non-hydrogen) atoms. The molecular weight excluding hydrogens is 242 g/mol. The normalized spacial score (nSPS) is 10.1. The largest absolute Gasteiger partial charge is 0.357 e. The average molecular weight is 252 g/mol. The van der Waals surface area contributed by atoms with Gasteiger partial charge in [0.05, 0.1) is 0 Å². The molecule has 82 valence electrons. The zero-order valence-electron chi connectivity index (χ0n) is 8.64. The van der Waals surface area contributed by atoms with Crippen molar-refractivity contribution in [3.8, 4) is 0 Å². The Morgan fingerprint density at radius 3 is 2.62 bits per heavy atom. The van der Waals surface area contributed by atoms with Gasteiger partial charge in [-0.3, -0.25) is 0 Å². The van der Waals surface area contributed by atoms with Gasteiger partial charge in [0.2, 0.25) is 5.95 Å². The molecule has 1 aromatic carbocycles. The van der Waals surface area contributed by atoms with Crippen LogP contribution in [-0.4, -0.2) is 17.0 Å². The Labute approximate surface area is 103 Å². The molecule has 0 saturated heterocycles. The number of anilines is 1. The Bertz CT molecular complexity index is 473. The molecule has 3 nitrogen and oxygen atoms in total. The van der Waals surface area contributed by atoms with Crippen LogP contribution in [0.2, 0.25) is 5.02 Å². The van der Waals surface area contributed by atoms with Gasteiger partial charge >= 0.3 is 0 Å². The summed E-state index contributed by atoms with van der Waals surface area (Å²) >= 11 is 7.39. The lowest BCUT2D eigenvalue weighted by Gasteiger charge is -2.02. The first-order valence-electron chi connectivity index (χ1n) is 4.72. The van der Waals surface area contributed by atoms with Crippen LogP contribution in [0.1, 0.15) is 0 Å². The summed E-state index contributed by atoms with van der Waals surface area (Å²) in [4.78, 5) is 9.48. The van der Waals surface area contributed by atoms with Gasteiger partial charge in [0.15, 0.2) is 0 Å². The summed E-state index contributed by atoms with van der Waals surface area (Å²) in [6.07, 6.45) is 1.73. The Morgan fingerprint density at radius 1 is 1.19 bits per heavy atom. The van der Waals surface area contributed by atoms with Crippen molar-refractivity contribution in [2.24, 2.45) is 0 Å². The Kier molecular flexibility index (Phi) is 3.64. The van der Waals surface area contributed by atoms with Crippen LogP contribution in [0.5, 0.6) is 0 Å². The Hall–Kier alpha value is -1.26. The SMILES string of the molecule is CNc1nccc(Sc2ccc(Cl)cc2)n1. The van der Waals surface area contributed by atoms with Gasteiger partial charge in [-0.1, -0.05) is 23.4 Å². The van der Waals surface area contributed by atoms with E-state index in [1.54, 1.807) is 25.0 Å². The Balaban J connectivity index is 2.16. The van der Waals surface area contributed by atoms with E-state index >= 15 is 0 Å². The maximum Gasteiger partial charge on any atom is 0.223 e. The third-order valence-corrected chi connectivity index (χ3v) is 3.09. The fraction of sp³-hybridized carbons (Fsp3) is 0.0909. The second kappa shape index (κ2) is 5.18. The monoisotopic (exact) mass is 251 g/mol. The van der Waals surface area contributed by atoms with E-state index in [1.807, 2.05) is 30.3 Å². The van der Waals surface area contributed by atoms with Crippen molar-refractivity contribution in [2.75, 3.05) is 12.4 Å². The first-order valence-corrected chi connectivity index (χ1v) is 5.91. The molecule has 2 rings (SSSR count). The van der Waals surface area contributed by atoms with Crippen molar-refractivity contribution in [1.82, 2.24) is 9.97 Å². The molecule has 0 radical (unpaired) electrons. The van der Waals surface area contributed by atoms with E-state index in [1.165, 1.54) is 0 Å². The van der Waals surface area contributed by atoms with Crippen molar-refractivity contribution >= 4 is 29.3 Å². The Morgan fingerprint density at radius 2 is 1.94 bits per heavy atom. The van der Waals surface area contributed by atoms with Gasteiger partial charge in [0, 0.05) is 23.2 Å². The zero-order valence-corrected chi connectivity index (χ0v) is 10.2. The molecule has 0 aliphatic carbocycles. The van der Waals surface area contributed by atoms with E-state index in [0.29, 0.717) is 5.95 Å². The fourth-order valence-corrected chi connectivity index (χ4v) is 2.04. The predicted molar refractivity (Wildman–Crippen MR) is 67.2 cm³/mol. The van der Waals surface area contributed by atoms with Crippen molar-refractivity contribution in [2.45, 2.75) is 9.92 Å². The first-order chi connectivity index (χ1) is 7.78. The van der Waals surface area contributed by atoms with Gasteiger partial charge in [-0.2, -0.15) is 0 Å². The second-order valence-corrected chi connectivity index (χ2v) is 4.55. The van der Waals surface area contributed by atoms with Crippen molar-refractivity contribution in [1.29, 1.82) is 0 Å². The number of hydrogen-bond acceptors (Lipinski definition) is 4. The lowest BCUT2D eigenvalue weighted by molar-refractivity contribution is 1.05. The standard InChI is InChI=1S/C11H10ClN3S/c1-13-11-14-7-6-10(15-11)16-9-4-2-8(12)3-5-9/h2-7H,1H3,(H,13,14,15). The summed E-state index contributed by atoms with van der Waals surface area (Å²) in [5.41, 5.74) is 0. The van der Waals surface area contributed by atoms with E-state index in [9.17, 15) is 0 Å². The van der Waals surface area contributed by atoms with Crippen LogP contribution in [0.25, 0.3) is 0 Å². The highest BCUT2D eigenvalue weighted by atomic mass is 35.5. The van der Waals surface area contributed by atoms with Gasteiger partial charge in [-0.25, -0.2) is 9.97 Å². The van der Waals surface area contributed by atoms with Crippen LogP contribution in [0, 0.1) is 0 Å². The summed E-state index contributed by atoms with van der Waals surface area (Å²) in [5, 5.41) is 4.55. The lowest BCUT2D eigenvalue weighted by atomic mass is 10.4. The van der Waals surface area contributed by atoms with Crippen LogP contribution < -0.4 is 5.32 Å². The molecule has 0 aliphatic heterocycles. The van der Waals surface area contributed by atoms with Gasteiger partial charge in [-0.15, -0.1) is 0 Å². The summed E-state index contributed by atoms with van der Waals surface area (Å²) in [6.45, 7) is 0. The van der Waals surface area contributed by atoms with E-state index < -0.39 is 0 Å². The zero-order chi connectivity index (χ0) is 11.4. The summed E-state index contributed by atoms with van der Waals surface area (Å²) in [5.74, 6) is 0.624. The number of nitrogens with zero attached hydrogens (tertiary/aromatic N) is 2. The average Bonchev–Trinajstić information content (AvgIpc) is 2.32. The lowest BCUT2D eigenvalue weighted by Crippen LogP contribution is -1.95. The molecule has 0 saturated carbocycles. The molecule has 0 unspecified atom stereocenters. The molecule has 0 spiro atoms. The number of hydrogen-bond donors (Lipinski definition) is 1. The smallest absolute Gasteiger partial charge is 0.223 e. The van der Waals surface area contributed by atoms with E-state index in [-0.39, 0.29) is 0 Å². The quantitative estimate of drug-likeness (QED) is 0.850. The highest BCUT2D eigenvalue weighted by molar-refractivity contribution is 7.99. The molecule has 0 atom stereocenters. The van der Waals surface area contributed by atoms with E-state index in [2.05, 4.69) is 15.3 Å². The highest BCUT2D eigenvalue weighted by Crippen LogP contribution is 2.27. The van der Waals surface area contributed by atoms with Crippen LogP contribution in [-0.2, 0) is 0 Å². The molecule has 1 heterocycles. The van der Waals surface area contributed by atoms with Crippen molar-refractivity contribution in [3.63, 3.8) is 0 Å². The number of halogens is 1. The summed E-state index contributed by atoms with van der Waals surface area (Å²) in [6, 6.07) is 9.54. The fourth-order valence-electron chi connectivity index (χ4n) is 1.14. The number of benzene rings is 1. The minimum absolute atomic E-state index is 0.624. The maximum atomic E-state index is 5.82. The van der Waals surface area contributed by atoms with Gasteiger partial charge in [0.25, 0.3) is 0 Å². The predicted octanol–water partition coefficient (Wildman–Crippen LogP) is 3.32. The van der Waals surface area contributed by atoms with E-state index in [0.717, 1.165) is 14.9 Å². The molecule has 0 bridgehead atoms. The second-order valence-electron chi connectivity index (χ2n) is 3.02. The van der Waals surface area contributed by atoms with Crippen LogP contribution in [0.15, 0.2) is 46.5 Å². The molecule has 0 amide bonds. The third kappa shape index (κ3) is 2.87. The molecule has 0 fully saturated rings. The molecule has 5 heteroatoms. The van der Waals surface area contributed by atoms with Crippen LogP contribution in [0.4, 0.5) is 5.95 Å². The minimum atomic E-state index is 0.624. The van der Waals surface area contributed by atoms with Crippen molar-refractivity contribution < 1.29 is 0 Å². The molecule has 1 N–H and O–H groups in total.